The van der Waals surface area contributed by atoms with Crippen LogP contribution in [0.5, 0.6) is 11.5 Å². The molecular weight excluding hydrogens is 296 g/mol. The molecule has 6 nitrogen and oxygen atoms in total. The fourth-order valence-corrected chi connectivity index (χ4v) is 3.05. The summed E-state index contributed by atoms with van der Waals surface area (Å²) in [6, 6.07) is 5.32. The van der Waals surface area contributed by atoms with Crippen molar-refractivity contribution in [2.45, 2.75) is 37.8 Å². The van der Waals surface area contributed by atoms with E-state index in [9.17, 15) is 9.90 Å². The smallest absolute Gasteiger partial charge is 0.220 e. The van der Waals surface area contributed by atoms with Gasteiger partial charge < -0.3 is 25.6 Å². The predicted octanol–water partition coefficient (Wildman–Crippen LogP) is 1.37. The van der Waals surface area contributed by atoms with E-state index in [0.29, 0.717) is 23.5 Å². The van der Waals surface area contributed by atoms with Crippen molar-refractivity contribution in [3.8, 4) is 11.5 Å². The number of aliphatic hydroxyl groups is 1. The Morgan fingerprint density at radius 2 is 2.17 bits per heavy atom. The number of ether oxygens (including phenoxy) is 2. The molecule has 3 atom stereocenters. The first-order valence-corrected chi connectivity index (χ1v) is 7.97. The zero-order valence-corrected chi connectivity index (χ0v) is 13.7. The number of rotatable bonds is 7. The SMILES string of the molecule is COc1ccc(OC)c(C(O)CNC(=O)C[C@@H]2CCC[C@H]2N)c1. The Morgan fingerprint density at radius 3 is 2.78 bits per heavy atom. The molecule has 1 amide bonds. The van der Waals surface area contributed by atoms with E-state index >= 15 is 0 Å². The van der Waals surface area contributed by atoms with Crippen LogP contribution in [0.1, 0.15) is 37.4 Å². The summed E-state index contributed by atoms with van der Waals surface area (Å²) < 4.78 is 10.4. The molecule has 1 aromatic carbocycles. The maximum atomic E-state index is 12.0. The lowest BCUT2D eigenvalue weighted by atomic mass is 10.00. The van der Waals surface area contributed by atoms with E-state index in [0.717, 1.165) is 19.3 Å². The maximum absolute atomic E-state index is 12.0. The fraction of sp³-hybridized carbons (Fsp3) is 0.588. The molecule has 0 saturated heterocycles. The van der Waals surface area contributed by atoms with Crippen molar-refractivity contribution in [1.29, 1.82) is 0 Å². The van der Waals surface area contributed by atoms with Gasteiger partial charge in [0.25, 0.3) is 0 Å². The van der Waals surface area contributed by atoms with Crippen molar-refractivity contribution < 1.29 is 19.4 Å². The molecule has 0 aliphatic heterocycles. The van der Waals surface area contributed by atoms with Gasteiger partial charge in [-0.1, -0.05) is 6.42 Å². The van der Waals surface area contributed by atoms with Crippen LogP contribution < -0.4 is 20.5 Å². The molecule has 1 unspecified atom stereocenters. The van der Waals surface area contributed by atoms with Crippen LogP contribution in [-0.4, -0.2) is 37.8 Å². The lowest BCUT2D eigenvalue weighted by molar-refractivity contribution is -0.122. The Balaban J connectivity index is 1.91. The largest absolute Gasteiger partial charge is 0.497 e. The highest BCUT2D eigenvalue weighted by Crippen LogP contribution is 2.29. The predicted molar refractivity (Wildman–Crippen MR) is 87.4 cm³/mol. The molecule has 1 fully saturated rings. The summed E-state index contributed by atoms with van der Waals surface area (Å²) in [6.07, 6.45) is 2.63. The molecule has 1 saturated carbocycles. The minimum absolute atomic E-state index is 0.0757. The number of nitrogens with one attached hydrogen (secondary N) is 1. The second-order valence-corrected chi connectivity index (χ2v) is 5.99. The van der Waals surface area contributed by atoms with Crippen molar-refractivity contribution >= 4 is 5.91 Å². The molecular formula is C17H26N2O4. The summed E-state index contributed by atoms with van der Waals surface area (Å²) >= 11 is 0. The molecule has 128 valence electrons. The molecule has 6 heteroatoms. The van der Waals surface area contributed by atoms with Crippen LogP contribution in [0.2, 0.25) is 0 Å². The standard InChI is InChI=1S/C17H26N2O4/c1-22-12-6-7-16(23-2)13(9-12)15(20)10-19-17(21)8-11-4-3-5-14(11)18/h6-7,9,11,14-15,20H,3-5,8,10,18H2,1-2H3,(H,19,21)/t11-,14+,15?/m0/s1. The van der Waals surface area contributed by atoms with E-state index in [2.05, 4.69) is 5.32 Å². The minimum atomic E-state index is -0.860. The molecule has 2 rings (SSSR count). The monoisotopic (exact) mass is 322 g/mol. The van der Waals surface area contributed by atoms with Gasteiger partial charge in [-0.25, -0.2) is 0 Å². The van der Waals surface area contributed by atoms with Gasteiger partial charge in [-0.15, -0.1) is 0 Å². The number of amides is 1. The first kappa shape index (κ1) is 17.6. The van der Waals surface area contributed by atoms with Crippen LogP contribution in [0.4, 0.5) is 0 Å². The van der Waals surface area contributed by atoms with Gasteiger partial charge in [0.15, 0.2) is 0 Å². The van der Waals surface area contributed by atoms with Crippen molar-refractivity contribution in [1.82, 2.24) is 5.32 Å². The third kappa shape index (κ3) is 4.59. The molecule has 1 aliphatic rings. The van der Waals surface area contributed by atoms with E-state index in [1.165, 1.54) is 7.11 Å². The fourth-order valence-electron chi connectivity index (χ4n) is 3.05. The van der Waals surface area contributed by atoms with Gasteiger partial charge in [0.2, 0.25) is 5.91 Å². The zero-order valence-electron chi connectivity index (χ0n) is 13.7. The number of carbonyl (C=O) groups excluding carboxylic acids is 1. The van der Waals surface area contributed by atoms with Crippen molar-refractivity contribution in [2.24, 2.45) is 11.7 Å². The average Bonchev–Trinajstić information content (AvgIpc) is 2.96. The van der Waals surface area contributed by atoms with Crippen LogP contribution in [0, 0.1) is 5.92 Å². The number of methoxy groups -OCH3 is 2. The first-order chi connectivity index (χ1) is 11.0. The molecule has 23 heavy (non-hydrogen) atoms. The molecule has 0 heterocycles. The van der Waals surface area contributed by atoms with Gasteiger partial charge in [0.1, 0.15) is 11.5 Å². The number of hydrogen-bond acceptors (Lipinski definition) is 5. The molecule has 0 aromatic heterocycles. The van der Waals surface area contributed by atoms with Gasteiger partial charge in [0, 0.05) is 24.6 Å². The Kier molecular flexibility index (Phi) is 6.24. The third-order valence-corrected chi connectivity index (χ3v) is 4.45. The number of nitrogens with two attached hydrogens (primary N) is 1. The summed E-state index contributed by atoms with van der Waals surface area (Å²) in [5.41, 5.74) is 6.57. The van der Waals surface area contributed by atoms with E-state index in [4.69, 9.17) is 15.2 Å². The lowest BCUT2D eigenvalue weighted by Crippen LogP contribution is -2.33. The topological polar surface area (TPSA) is 93.8 Å². The van der Waals surface area contributed by atoms with Gasteiger partial charge in [-0.05, 0) is 37.0 Å². The zero-order chi connectivity index (χ0) is 16.8. The van der Waals surface area contributed by atoms with E-state index in [1.807, 2.05) is 0 Å². The van der Waals surface area contributed by atoms with Crippen molar-refractivity contribution in [3.63, 3.8) is 0 Å². The van der Waals surface area contributed by atoms with Crippen LogP contribution in [0.15, 0.2) is 18.2 Å². The quantitative estimate of drug-likeness (QED) is 0.705. The van der Waals surface area contributed by atoms with Gasteiger partial charge in [0.05, 0.1) is 20.3 Å². The number of hydrogen-bond donors (Lipinski definition) is 3. The summed E-state index contributed by atoms with van der Waals surface area (Å²) in [6.45, 7) is 0.129. The summed E-state index contributed by atoms with van der Waals surface area (Å²) in [5, 5.41) is 13.1. The Labute approximate surface area is 137 Å². The molecule has 1 aliphatic carbocycles. The first-order valence-electron chi connectivity index (χ1n) is 7.97. The van der Waals surface area contributed by atoms with E-state index in [-0.39, 0.29) is 24.4 Å². The minimum Gasteiger partial charge on any atom is -0.497 e. The summed E-state index contributed by atoms with van der Waals surface area (Å²) in [5.74, 6) is 1.36. The normalized spacial score (nSPS) is 21.7. The second-order valence-electron chi connectivity index (χ2n) is 5.99. The summed E-state index contributed by atoms with van der Waals surface area (Å²) in [4.78, 5) is 12.0. The van der Waals surface area contributed by atoms with Crippen molar-refractivity contribution in [3.05, 3.63) is 23.8 Å². The van der Waals surface area contributed by atoms with Crippen LogP contribution >= 0.6 is 0 Å². The number of benzene rings is 1. The molecule has 0 bridgehead atoms. The highest BCUT2D eigenvalue weighted by Gasteiger charge is 2.26. The summed E-state index contributed by atoms with van der Waals surface area (Å²) in [7, 11) is 3.10. The maximum Gasteiger partial charge on any atom is 0.220 e. The lowest BCUT2D eigenvalue weighted by Gasteiger charge is -2.18. The molecule has 0 radical (unpaired) electrons. The third-order valence-electron chi connectivity index (χ3n) is 4.45. The Morgan fingerprint density at radius 1 is 1.39 bits per heavy atom. The van der Waals surface area contributed by atoms with Gasteiger partial charge in [-0.3, -0.25) is 4.79 Å². The number of aliphatic hydroxyl groups excluding tert-OH is 1. The molecule has 0 spiro atoms. The molecule has 1 aromatic rings. The number of carbonyl (C=O) groups is 1. The van der Waals surface area contributed by atoms with E-state index in [1.54, 1.807) is 25.3 Å². The van der Waals surface area contributed by atoms with Gasteiger partial charge >= 0.3 is 0 Å². The van der Waals surface area contributed by atoms with Crippen LogP contribution in [0.25, 0.3) is 0 Å². The average molecular weight is 322 g/mol. The second kappa shape index (κ2) is 8.17. The van der Waals surface area contributed by atoms with E-state index < -0.39 is 6.10 Å². The van der Waals surface area contributed by atoms with Crippen molar-refractivity contribution in [2.75, 3.05) is 20.8 Å². The van der Waals surface area contributed by atoms with Gasteiger partial charge in [-0.2, -0.15) is 0 Å². The highest BCUT2D eigenvalue weighted by molar-refractivity contribution is 5.76. The molecule has 4 N–H and O–H groups in total. The Hall–Kier alpha value is -1.79. The highest BCUT2D eigenvalue weighted by atomic mass is 16.5. The van der Waals surface area contributed by atoms with Crippen LogP contribution in [-0.2, 0) is 4.79 Å². The Bertz CT molecular complexity index is 535. The van der Waals surface area contributed by atoms with Crippen LogP contribution in [0.3, 0.4) is 0 Å².